The van der Waals surface area contributed by atoms with E-state index in [2.05, 4.69) is 15.9 Å². The van der Waals surface area contributed by atoms with E-state index in [1.807, 2.05) is 19.1 Å². The fourth-order valence-corrected chi connectivity index (χ4v) is 4.33. The van der Waals surface area contributed by atoms with Gasteiger partial charge in [-0.15, -0.1) is 0 Å². The Balaban J connectivity index is 1.91. The minimum Gasteiger partial charge on any atom is -0.480 e. The van der Waals surface area contributed by atoms with Gasteiger partial charge in [-0.05, 0) is 55.4 Å². The van der Waals surface area contributed by atoms with Crippen molar-refractivity contribution in [2.75, 3.05) is 6.54 Å². The lowest BCUT2D eigenvalue weighted by Gasteiger charge is -2.25. The van der Waals surface area contributed by atoms with Gasteiger partial charge in [0, 0.05) is 16.6 Å². The van der Waals surface area contributed by atoms with Gasteiger partial charge in [0.25, 0.3) is 5.91 Å². The lowest BCUT2D eigenvalue weighted by Crippen LogP contribution is -2.43. The van der Waals surface area contributed by atoms with Crippen molar-refractivity contribution in [2.45, 2.75) is 32.2 Å². The maximum Gasteiger partial charge on any atom is 0.326 e. The number of carboxylic acid groups (broad SMARTS) is 1. The molecule has 1 N–H and O–H groups in total. The molecule has 112 valence electrons. The van der Waals surface area contributed by atoms with Gasteiger partial charge in [0.2, 0.25) is 0 Å². The Labute approximate surface area is 132 Å². The topological polar surface area (TPSA) is 57.6 Å². The van der Waals surface area contributed by atoms with E-state index in [0.717, 1.165) is 29.3 Å². The lowest BCUT2D eigenvalue weighted by atomic mass is 9.94. The van der Waals surface area contributed by atoms with Gasteiger partial charge in [-0.3, -0.25) is 4.79 Å². The van der Waals surface area contributed by atoms with Gasteiger partial charge < -0.3 is 10.0 Å². The molecule has 4 nitrogen and oxygen atoms in total. The van der Waals surface area contributed by atoms with Gasteiger partial charge in [0.05, 0.1) is 0 Å². The first-order chi connectivity index (χ1) is 9.99. The molecule has 5 heteroatoms. The van der Waals surface area contributed by atoms with Gasteiger partial charge in [-0.2, -0.15) is 0 Å². The van der Waals surface area contributed by atoms with Gasteiger partial charge in [0.15, 0.2) is 0 Å². The Morgan fingerprint density at radius 3 is 2.76 bits per heavy atom. The zero-order valence-electron chi connectivity index (χ0n) is 11.9. The summed E-state index contributed by atoms with van der Waals surface area (Å²) in [7, 11) is 0. The number of carbonyl (C=O) groups is 2. The molecular weight excluding hydrogens is 334 g/mol. The molecule has 3 unspecified atom stereocenters. The average Bonchev–Trinajstić information content (AvgIpc) is 2.96. The zero-order chi connectivity index (χ0) is 15.1. The summed E-state index contributed by atoms with van der Waals surface area (Å²) >= 11 is 3.38. The van der Waals surface area contributed by atoms with Crippen LogP contribution in [0.25, 0.3) is 0 Å². The van der Waals surface area contributed by atoms with Crippen LogP contribution in [0.4, 0.5) is 0 Å². The molecule has 3 rings (SSSR count). The van der Waals surface area contributed by atoms with Crippen molar-refractivity contribution >= 4 is 27.8 Å². The highest BCUT2D eigenvalue weighted by Gasteiger charge is 2.49. The van der Waals surface area contributed by atoms with Gasteiger partial charge in [-0.25, -0.2) is 4.79 Å². The lowest BCUT2D eigenvalue weighted by molar-refractivity contribution is -0.142. The minimum atomic E-state index is -0.868. The van der Waals surface area contributed by atoms with Crippen LogP contribution in [0.2, 0.25) is 0 Å². The normalized spacial score (nSPS) is 27.7. The second-order valence-corrected chi connectivity index (χ2v) is 6.97. The van der Waals surface area contributed by atoms with Crippen LogP contribution < -0.4 is 0 Å². The molecule has 1 aliphatic carbocycles. The molecule has 0 aromatic heterocycles. The van der Waals surface area contributed by atoms with Crippen molar-refractivity contribution < 1.29 is 14.7 Å². The molecule has 0 bridgehead atoms. The van der Waals surface area contributed by atoms with Gasteiger partial charge >= 0.3 is 5.97 Å². The minimum absolute atomic E-state index is 0.127. The summed E-state index contributed by atoms with van der Waals surface area (Å²) in [5.41, 5.74) is 1.47. The van der Waals surface area contributed by atoms with Crippen LogP contribution in [0.3, 0.4) is 0 Å². The third-order valence-corrected chi connectivity index (χ3v) is 5.32. The van der Waals surface area contributed by atoms with Crippen LogP contribution in [0.15, 0.2) is 22.7 Å². The van der Waals surface area contributed by atoms with Crippen molar-refractivity contribution in [1.29, 1.82) is 0 Å². The Morgan fingerprint density at radius 2 is 2.10 bits per heavy atom. The van der Waals surface area contributed by atoms with E-state index in [4.69, 9.17) is 0 Å². The summed E-state index contributed by atoms with van der Waals surface area (Å²) in [4.78, 5) is 26.0. The molecule has 1 amide bonds. The molecule has 2 aliphatic rings. The summed E-state index contributed by atoms with van der Waals surface area (Å²) in [5, 5.41) is 9.54. The highest BCUT2D eigenvalue weighted by molar-refractivity contribution is 9.10. The first kappa shape index (κ1) is 14.6. The molecule has 1 aliphatic heterocycles. The maximum atomic E-state index is 12.8. The number of likely N-dealkylation sites (tertiary alicyclic amines) is 1. The summed E-state index contributed by atoms with van der Waals surface area (Å²) < 4.78 is 0.921. The molecule has 2 fully saturated rings. The largest absolute Gasteiger partial charge is 0.480 e. The average molecular weight is 352 g/mol. The quantitative estimate of drug-likeness (QED) is 0.890. The fourth-order valence-electron chi connectivity index (χ4n) is 3.85. The predicted molar refractivity (Wildman–Crippen MR) is 82.2 cm³/mol. The van der Waals surface area contributed by atoms with E-state index in [1.54, 1.807) is 11.0 Å². The molecule has 1 heterocycles. The van der Waals surface area contributed by atoms with Crippen LogP contribution >= 0.6 is 15.9 Å². The van der Waals surface area contributed by atoms with Gasteiger partial charge in [0.1, 0.15) is 6.04 Å². The number of carbonyl (C=O) groups excluding carboxylic acids is 1. The summed E-state index contributed by atoms with van der Waals surface area (Å²) in [5.74, 6) is -0.540. The van der Waals surface area contributed by atoms with E-state index in [9.17, 15) is 14.7 Å². The smallest absolute Gasteiger partial charge is 0.326 e. The number of rotatable bonds is 2. The van der Waals surface area contributed by atoms with Crippen LogP contribution in [-0.2, 0) is 4.79 Å². The van der Waals surface area contributed by atoms with Crippen molar-refractivity contribution in [3.05, 3.63) is 33.8 Å². The first-order valence-corrected chi connectivity index (χ1v) is 8.08. The number of halogens is 1. The predicted octanol–water partition coefficient (Wildman–Crippen LogP) is 3.08. The van der Waals surface area contributed by atoms with E-state index in [-0.39, 0.29) is 11.8 Å². The number of carboxylic acids is 1. The van der Waals surface area contributed by atoms with E-state index < -0.39 is 12.0 Å². The number of fused-ring (bicyclic) bond motifs is 1. The fraction of sp³-hybridized carbons (Fsp3) is 0.500. The Morgan fingerprint density at radius 1 is 1.33 bits per heavy atom. The number of amides is 1. The number of aryl methyl sites for hydroxylation is 1. The van der Waals surface area contributed by atoms with Crippen LogP contribution in [0.1, 0.15) is 35.2 Å². The summed E-state index contributed by atoms with van der Waals surface area (Å²) in [6, 6.07) is 4.83. The summed E-state index contributed by atoms with van der Waals surface area (Å²) in [6.45, 7) is 2.46. The molecule has 1 aromatic rings. The molecule has 21 heavy (non-hydrogen) atoms. The number of nitrogens with zero attached hydrogens (tertiary/aromatic N) is 1. The standard InChI is InChI=1S/C16H18BrNO3/c1-9-7-11(17)5-6-12(9)15(19)18-8-10-3-2-4-13(10)14(18)16(20)21/h5-7,10,13-14H,2-4,8H2,1H3,(H,20,21). The molecule has 0 spiro atoms. The molecule has 3 atom stereocenters. The monoisotopic (exact) mass is 351 g/mol. The van der Waals surface area contributed by atoms with Crippen LogP contribution in [0, 0.1) is 18.8 Å². The van der Waals surface area contributed by atoms with Crippen molar-refractivity contribution in [2.24, 2.45) is 11.8 Å². The molecule has 1 saturated heterocycles. The third-order valence-electron chi connectivity index (χ3n) is 4.82. The van der Waals surface area contributed by atoms with Gasteiger partial charge in [-0.1, -0.05) is 22.4 Å². The Hall–Kier alpha value is -1.36. The van der Waals surface area contributed by atoms with Crippen molar-refractivity contribution in [3.8, 4) is 0 Å². The highest BCUT2D eigenvalue weighted by atomic mass is 79.9. The van der Waals surface area contributed by atoms with Crippen molar-refractivity contribution in [3.63, 3.8) is 0 Å². The number of hydrogen-bond acceptors (Lipinski definition) is 2. The second kappa shape index (κ2) is 5.44. The number of hydrogen-bond donors (Lipinski definition) is 1. The zero-order valence-corrected chi connectivity index (χ0v) is 13.5. The molecule has 0 radical (unpaired) electrons. The summed E-state index contributed by atoms with van der Waals surface area (Å²) in [6.07, 6.45) is 3.04. The van der Waals surface area contributed by atoms with Crippen LogP contribution in [0.5, 0.6) is 0 Å². The third kappa shape index (κ3) is 2.48. The van der Waals surface area contributed by atoms with E-state index in [0.29, 0.717) is 18.0 Å². The number of benzene rings is 1. The highest BCUT2D eigenvalue weighted by Crippen LogP contribution is 2.42. The van der Waals surface area contributed by atoms with Crippen LogP contribution in [-0.4, -0.2) is 34.5 Å². The van der Waals surface area contributed by atoms with E-state index in [1.165, 1.54) is 0 Å². The first-order valence-electron chi connectivity index (χ1n) is 7.29. The maximum absolute atomic E-state index is 12.8. The second-order valence-electron chi connectivity index (χ2n) is 6.05. The Kier molecular flexibility index (Phi) is 3.78. The molecular formula is C16H18BrNO3. The SMILES string of the molecule is Cc1cc(Br)ccc1C(=O)N1CC2CCCC2C1C(=O)O. The van der Waals surface area contributed by atoms with Crippen molar-refractivity contribution in [1.82, 2.24) is 4.90 Å². The molecule has 1 saturated carbocycles. The number of aliphatic carboxylic acids is 1. The molecule has 1 aromatic carbocycles. The Bertz CT molecular complexity index is 601. The van der Waals surface area contributed by atoms with E-state index >= 15 is 0 Å².